The van der Waals surface area contributed by atoms with Crippen LogP contribution in [0.4, 0.5) is 4.79 Å². The molecular formula is C14H17BrClNO3. The van der Waals surface area contributed by atoms with E-state index in [1.807, 2.05) is 18.2 Å². The highest BCUT2D eigenvalue weighted by molar-refractivity contribution is 9.10. The first-order valence-corrected chi connectivity index (χ1v) is 7.54. The zero-order chi connectivity index (χ0) is 15.0. The Balaban J connectivity index is 2.00. The fraction of sp³-hybridized carbons (Fsp3) is 0.500. The SMILES string of the molecule is CC(C)(O)OC(=O)NC1(Cc2ccc(Cl)cc2Br)CC1. The Labute approximate surface area is 131 Å². The summed E-state index contributed by atoms with van der Waals surface area (Å²) in [6.45, 7) is 2.84. The summed E-state index contributed by atoms with van der Waals surface area (Å²) in [4.78, 5) is 11.7. The first-order valence-electron chi connectivity index (χ1n) is 6.37. The van der Waals surface area contributed by atoms with Crippen LogP contribution in [0.3, 0.4) is 0 Å². The Bertz CT molecular complexity index is 524. The van der Waals surface area contributed by atoms with Gasteiger partial charge in [-0.15, -0.1) is 0 Å². The van der Waals surface area contributed by atoms with Crippen LogP contribution in [0.1, 0.15) is 32.3 Å². The number of carbonyl (C=O) groups is 1. The van der Waals surface area contributed by atoms with Crippen LogP contribution in [-0.4, -0.2) is 22.5 Å². The van der Waals surface area contributed by atoms with Crippen molar-refractivity contribution in [2.75, 3.05) is 0 Å². The number of benzene rings is 1. The maximum atomic E-state index is 11.7. The molecule has 0 heterocycles. The molecule has 1 aliphatic carbocycles. The van der Waals surface area contributed by atoms with Crippen molar-refractivity contribution in [3.63, 3.8) is 0 Å². The quantitative estimate of drug-likeness (QED) is 0.804. The number of carbonyl (C=O) groups excluding carboxylic acids is 1. The van der Waals surface area contributed by atoms with Gasteiger partial charge in [-0.2, -0.15) is 0 Å². The molecule has 1 aliphatic rings. The van der Waals surface area contributed by atoms with Crippen LogP contribution in [0.5, 0.6) is 0 Å². The van der Waals surface area contributed by atoms with Crippen molar-refractivity contribution in [2.45, 2.75) is 44.4 Å². The van der Waals surface area contributed by atoms with Crippen LogP contribution in [0.15, 0.2) is 22.7 Å². The van der Waals surface area contributed by atoms with Gasteiger partial charge in [-0.05, 0) is 37.0 Å². The monoisotopic (exact) mass is 361 g/mol. The van der Waals surface area contributed by atoms with Gasteiger partial charge < -0.3 is 15.2 Å². The van der Waals surface area contributed by atoms with Crippen LogP contribution in [0.2, 0.25) is 5.02 Å². The molecule has 1 aromatic rings. The molecule has 20 heavy (non-hydrogen) atoms. The van der Waals surface area contributed by atoms with Crippen molar-refractivity contribution in [3.05, 3.63) is 33.3 Å². The topological polar surface area (TPSA) is 58.6 Å². The molecule has 0 bridgehead atoms. The second-order valence-electron chi connectivity index (χ2n) is 5.65. The van der Waals surface area contributed by atoms with E-state index in [1.165, 1.54) is 13.8 Å². The lowest BCUT2D eigenvalue weighted by molar-refractivity contribution is -0.132. The van der Waals surface area contributed by atoms with Crippen molar-refractivity contribution in [2.24, 2.45) is 0 Å². The molecule has 1 aromatic carbocycles. The highest BCUT2D eigenvalue weighted by atomic mass is 79.9. The molecule has 0 radical (unpaired) electrons. The van der Waals surface area contributed by atoms with E-state index < -0.39 is 11.9 Å². The average molecular weight is 363 g/mol. The molecule has 0 aliphatic heterocycles. The number of rotatable bonds is 4. The summed E-state index contributed by atoms with van der Waals surface area (Å²) < 4.78 is 5.80. The van der Waals surface area contributed by atoms with Crippen molar-refractivity contribution >= 4 is 33.6 Å². The van der Waals surface area contributed by atoms with Gasteiger partial charge in [0.1, 0.15) is 0 Å². The average Bonchev–Trinajstić information content (AvgIpc) is 2.99. The molecule has 2 rings (SSSR count). The van der Waals surface area contributed by atoms with E-state index >= 15 is 0 Å². The van der Waals surface area contributed by atoms with E-state index in [2.05, 4.69) is 21.2 Å². The molecule has 110 valence electrons. The van der Waals surface area contributed by atoms with Gasteiger partial charge in [0, 0.05) is 28.9 Å². The number of aliphatic hydroxyl groups is 1. The van der Waals surface area contributed by atoms with Gasteiger partial charge in [0.05, 0.1) is 0 Å². The number of nitrogens with one attached hydrogen (secondary N) is 1. The standard InChI is InChI=1S/C14H17BrClNO3/c1-13(2,19)20-12(18)17-14(5-6-14)8-9-3-4-10(16)7-11(9)15/h3-4,7,19H,5-6,8H2,1-2H3,(H,17,18). The first-order chi connectivity index (χ1) is 9.19. The zero-order valence-corrected chi connectivity index (χ0v) is 13.7. The molecule has 1 amide bonds. The molecular weight excluding hydrogens is 346 g/mol. The lowest BCUT2D eigenvalue weighted by Gasteiger charge is -2.22. The highest BCUT2D eigenvalue weighted by Gasteiger charge is 2.45. The van der Waals surface area contributed by atoms with Gasteiger partial charge in [0.2, 0.25) is 5.79 Å². The molecule has 0 unspecified atom stereocenters. The van der Waals surface area contributed by atoms with Crippen molar-refractivity contribution in [1.82, 2.24) is 5.32 Å². The highest BCUT2D eigenvalue weighted by Crippen LogP contribution is 2.40. The van der Waals surface area contributed by atoms with Gasteiger partial charge in [0.25, 0.3) is 0 Å². The first kappa shape index (κ1) is 15.6. The molecule has 0 aromatic heterocycles. The van der Waals surface area contributed by atoms with E-state index in [0.717, 1.165) is 22.9 Å². The number of alkyl carbamates (subject to hydrolysis) is 1. The van der Waals surface area contributed by atoms with Crippen LogP contribution in [-0.2, 0) is 11.2 Å². The summed E-state index contributed by atoms with van der Waals surface area (Å²) in [6, 6.07) is 5.60. The largest absolute Gasteiger partial charge is 0.418 e. The number of halogens is 2. The molecule has 1 saturated carbocycles. The number of hydrogen-bond acceptors (Lipinski definition) is 3. The summed E-state index contributed by atoms with van der Waals surface area (Å²) in [6.07, 6.45) is 1.89. The Hall–Kier alpha value is -0.780. The molecule has 1 fully saturated rings. The second-order valence-corrected chi connectivity index (χ2v) is 6.94. The maximum Gasteiger partial charge on any atom is 0.410 e. The van der Waals surface area contributed by atoms with Crippen molar-refractivity contribution in [3.8, 4) is 0 Å². The van der Waals surface area contributed by atoms with Crippen LogP contribution in [0, 0.1) is 0 Å². The minimum Gasteiger partial charge on any atom is -0.418 e. The zero-order valence-electron chi connectivity index (χ0n) is 11.4. The molecule has 6 heteroatoms. The predicted molar refractivity (Wildman–Crippen MR) is 80.7 cm³/mol. The fourth-order valence-corrected chi connectivity index (χ4v) is 2.82. The second kappa shape index (κ2) is 5.54. The van der Waals surface area contributed by atoms with Crippen LogP contribution in [0.25, 0.3) is 0 Å². The van der Waals surface area contributed by atoms with Gasteiger partial charge in [-0.1, -0.05) is 33.6 Å². The smallest absolute Gasteiger partial charge is 0.410 e. The molecule has 2 N–H and O–H groups in total. The maximum absolute atomic E-state index is 11.7. The molecule has 0 spiro atoms. The van der Waals surface area contributed by atoms with Crippen molar-refractivity contribution in [1.29, 1.82) is 0 Å². The minimum atomic E-state index is -1.47. The Morgan fingerprint density at radius 1 is 1.55 bits per heavy atom. The van der Waals surface area contributed by atoms with E-state index in [0.29, 0.717) is 11.4 Å². The summed E-state index contributed by atoms with van der Waals surface area (Å²) >= 11 is 9.39. The van der Waals surface area contributed by atoms with E-state index in [4.69, 9.17) is 16.3 Å². The van der Waals surface area contributed by atoms with Gasteiger partial charge in [-0.25, -0.2) is 4.79 Å². The van der Waals surface area contributed by atoms with Crippen LogP contribution < -0.4 is 5.32 Å². The van der Waals surface area contributed by atoms with Crippen LogP contribution >= 0.6 is 27.5 Å². The predicted octanol–water partition coefficient (Wildman–Crippen LogP) is 3.63. The third-order valence-corrected chi connectivity index (χ3v) is 4.08. The Kier molecular flexibility index (Phi) is 4.33. The fourth-order valence-electron chi connectivity index (χ4n) is 2.00. The van der Waals surface area contributed by atoms with E-state index in [-0.39, 0.29) is 5.54 Å². The van der Waals surface area contributed by atoms with E-state index in [1.54, 1.807) is 0 Å². The third kappa shape index (κ3) is 4.36. The van der Waals surface area contributed by atoms with Gasteiger partial charge >= 0.3 is 6.09 Å². The summed E-state index contributed by atoms with van der Waals surface area (Å²) in [5, 5.41) is 13.0. The van der Waals surface area contributed by atoms with E-state index in [9.17, 15) is 9.90 Å². The number of ether oxygens (including phenoxy) is 1. The Morgan fingerprint density at radius 2 is 2.20 bits per heavy atom. The summed E-state index contributed by atoms with van der Waals surface area (Å²) in [5.41, 5.74) is 0.800. The summed E-state index contributed by atoms with van der Waals surface area (Å²) in [5.74, 6) is -1.47. The molecule has 0 saturated heterocycles. The number of amides is 1. The summed E-state index contributed by atoms with van der Waals surface area (Å²) in [7, 11) is 0. The Morgan fingerprint density at radius 3 is 2.70 bits per heavy atom. The lowest BCUT2D eigenvalue weighted by Crippen LogP contribution is -2.42. The normalized spacial score (nSPS) is 16.6. The molecule has 0 atom stereocenters. The van der Waals surface area contributed by atoms with Gasteiger partial charge in [0.15, 0.2) is 0 Å². The molecule has 4 nitrogen and oxygen atoms in total. The van der Waals surface area contributed by atoms with Crippen molar-refractivity contribution < 1.29 is 14.6 Å². The number of hydrogen-bond donors (Lipinski definition) is 2. The van der Waals surface area contributed by atoms with Gasteiger partial charge in [-0.3, -0.25) is 0 Å². The minimum absolute atomic E-state index is 0.279. The lowest BCUT2D eigenvalue weighted by atomic mass is 10.0. The third-order valence-electron chi connectivity index (χ3n) is 3.11.